The number of aromatic amines is 1. The first-order valence-electron chi connectivity index (χ1n) is 9.79. The molecule has 31 heavy (non-hydrogen) atoms. The van der Waals surface area contributed by atoms with E-state index < -0.39 is 0 Å². The number of nitrogens with zero attached hydrogens (tertiary/aromatic N) is 5. The van der Waals surface area contributed by atoms with Gasteiger partial charge in [-0.25, -0.2) is 4.98 Å². The van der Waals surface area contributed by atoms with Crippen molar-refractivity contribution in [2.24, 2.45) is 0 Å². The number of aryl methyl sites for hydroxylation is 1. The highest BCUT2D eigenvalue weighted by molar-refractivity contribution is 7.99. The van der Waals surface area contributed by atoms with Gasteiger partial charge in [-0.05, 0) is 31.4 Å². The van der Waals surface area contributed by atoms with Crippen molar-refractivity contribution >= 4 is 39.2 Å². The number of hydrogen-bond acceptors (Lipinski definition) is 7. The van der Waals surface area contributed by atoms with E-state index in [1.807, 2.05) is 42.0 Å². The van der Waals surface area contributed by atoms with Gasteiger partial charge in [-0.3, -0.25) is 9.59 Å². The van der Waals surface area contributed by atoms with Crippen molar-refractivity contribution in [2.45, 2.75) is 32.1 Å². The molecule has 1 amide bonds. The molecule has 3 heterocycles. The largest absolute Gasteiger partial charge is 0.338 e. The Balaban J connectivity index is 1.43. The molecule has 1 aromatic carbocycles. The molecule has 1 N–H and O–H groups in total. The fourth-order valence-corrected chi connectivity index (χ4v) is 4.89. The summed E-state index contributed by atoms with van der Waals surface area (Å²) in [5, 5.41) is 11.2. The van der Waals surface area contributed by atoms with E-state index in [-0.39, 0.29) is 23.8 Å². The van der Waals surface area contributed by atoms with Gasteiger partial charge in [0.15, 0.2) is 11.0 Å². The number of nitrogens with one attached hydrogen (secondary N) is 1. The Morgan fingerprint density at radius 2 is 2.13 bits per heavy atom. The van der Waals surface area contributed by atoms with Gasteiger partial charge >= 0.3 is 0 Å². The first kappa shape index (κ1) is 21.3. The lowest BCUT2D eigenvalue weighted by atomic mass is 10.1. The highest BCUT2D eigenvalue weighted by atomic mass is 32.2. The molecular formula is C21H22N6O2S2. The van der Waals surface area contributed by atoms with Crippen LogP contribution in [0.3, 0.4) is 0 Å². The Morgan fingerprint density at radius 3 is 2.90 bits per heavy atom. The van der Waals surface area contributed by atoms with Gasteiger partial charge in [0.05, 0.1) is 17.8 Å². The van der Waals surface area contributed by atoms with Crippen LogP contribution in [-0.4, -0.2) is 48.3 Å². The summed E-state index contributed by atoms with van der Waals surface area (Å²) in [5.74, 6) is 1.39. The molecule has 4 aromatic rings. The molecule has 10 heteroatoms. The number of amides is 1. The predicted octanol–water partition coefficient (Wildman–Crippen LogP) is 3.32. The second kappa shape index (κ2) is 9.03. The maximum Gasteiger partial charge on any atom is 0.268 e. The third-order valence-corrected chi connectivity index (χ3v) is 6.66. The highest BCUT2D eigenvalue weighted by Crippen LogP contribution is 2.25. The molecule has 0 saturated carbocycles. The molecule has 0 aliphatic rings. The van der Waals surface area contributed by atoms with Gasteiger partial charge in [-0.2, -0.15) is 0 Å². The molecule has 8 nitrogen and oxygen atoms in total. The van der Waals surface area contributed by atoms with Crippen LogP contribution in [0.15, 0.2) is 45.7 Å². The van der Waals surface area contributed by atoms with E-state index >= 15 is 0 Å². The number of thioether (sulfide) groups is 1. The highest BCUT2D eigenvalue weighted by Gasteiger charge is 2.17. The van der Waals surface area contributed by atoms with Gasteiger partial charge in [-0.1, -0.05) is 35.5 Å². The average molecular weight is 455 g/mol. The zero-order valence-corrected chi connectivity index (χ0v) is 19.1. The number of carbonyl (C=O) groups is 1. The first-order chi connectivity index (χ1) is 15.0. The molecule has 0 spiro atoms. The molecule has 0 fully saturated rings. The van der Waals surface area contributed by atoms with Crippen LogP contribution in [-0.2, 0) is 17.9 Å². The maximum atomic E-state index is 12.7. The van der Waals surface area contributed by atoms with E-state index in [1.54, 1.807) is 18.0 Å². The lowest BCUT2D eigenvalue weighted by Gasteiger charge is -2.16. The Labute approximate surface area is 187 Å². The lowest BCUT2D eigenvalue weighted by molar-refractivity contribution is -0.127. The van der Waals surface area contributed by atoms with Crippen molar-refractivity contribution in [1.82, 2.24) is 29.6 Å². The van der Waals surface area contributed by atoms with Crippen molar-refractivity contribution in [3.63, 3.8) is 0 Å². The van der Waals surface area contributed by atoms with Crippen LogP contribution in [0.1, 0.15) is 18.3 Å². The summed E-state index contributed by atoms with van der Waals surface area (Å²) in [7, 11) is 1.70. The lowest BCUT2D eigenvalue weighted by Crippen LogP contribution is -2.29. The van der Waals surface area contributed by atoms with Crippen molar-refractivity contribution in [2.75, 3.05) is 12.8 Å². The molecule has 0 unspecified atom stereocenters. The molecule has 0 radical (unpaired) electrons. The van der Waals surface area contributed by atoms with E-state index in [4.69, 9.17) is 0 Å². The van der Waals surface area contributed by atoms with Gasteiger partial charge in [0, 0.05) is 19.2 Å². The molecule has 0 aliphatic carbocycles. The summed E-state index contributed by atoms with van der Waals surface area (Å²) < 4.78 is 2.60. The van der Waals surface area contributed by atoms with Gasteiger partial charge in [0.25, 0.3) is 5.56 Å². The Bertz CT molecular complexity index is 1290. The molecule has 0 saturated heterocycles. The Kier molecular flexibility index (Phi) is 6.19. The van der Waals surface area contributed by atoms with Crippen LogP contribution in [0, 0.1) is 6.92 Å². The number of H-pyrrole nitrogens is 1. The van der Waals surface area contributed by atoms with Crippen LogP contribution >= 0.6 is 23.1 Å². The van der Waals surface area contributed by atoms with Crippen LogP contribution in [0.4, 0.5) is 0 Å². The second-order valence-corrected chi connectivity index (χ2v) is 8.96. The summed E-state index contributed by atoms with van der Waals surface area (Å²) in [4.78, 5) is 33.5. The zero-order valence-electron chi connectivity index (χ0n) is 17.5. The summed E-state index contributed by atoms with van der Waals surface area (Å²) >= 11 is 2.71. The molecular weight excluding hydrogens is 432 g/mol. The Hall–Kier alpha value is -2.98. The van der Waals surface area contributed by atoms with Gasteiger partial charge in [-0.15, -0.1) is 21.5 Å². The quantitative estimate of drug-likeness (QED) is 0.430. The van der Waals surface area contributed by atoms with Crippen molar-refractivity contribution in [3.8, 4) is 11.4 Å². The topological polar surface area (TPSA) is 96.8 Å². The number of thiophene rings is 1. The number of hydrogen-bond donors (Lipinski definition) is 1. The molecule has 160 valence electrons. The van der Waals surface area contributed by atoms with Crippen molar-refractivity contribution < 1.29 is 4.79 Å². The van der Waals surface area contributed by atoms with Crippen LogP contribution < -0.4 is 5.56 Å². The summed E-state index contributed by atoms with van der Waals surface area (Å²) in [6, 6.07) is 9.92. The molecule has 0 bridgehead atoms. The maximum absolute atomic E-state index is 12.7. The van der Waals surface area contributed by atoms with Crippen LogP contribution in [0.2, 0.25) is 0 Å². The number of fused-ring (bicyclic) bond motifs is 1. The molecule has 4 rings (SSSR count). The molecule has 3 aromatic heterocycles. The minimum absolute atomic E-state index is 0.0826. The van der Waals surface area contributed by atoms with Gasteiger partial charge < -0.3 is 14.5 Å². The SMILES string of the molecule is CCn1c(SCC(=O)N(C)Cc2nc3ccsc3c(=O)[nH]2)nnc1-c1cccc(C)c1. The average Bonchev–Trinajstić information content (AvgIpc) is 3.38. The predicted molar refractivity (Wildman–Crippen MR) is 123 cm³/mol. The van der Waals surface area contributed by atoms with Crippen LogP contribution in [0.5, 0.6) is 0 Å². The van der Waals surface area contributed by atoms with Crippen molar-refractivity contribution in [3.05, 3.63) is 57.5 Å². The number of carbonyl (C=O) groups excluding carboxylic acids is 1. The van der Waals surface area contributed by atoms with E-state index in [0.29, 0.717) is 27.7 Å². The fourth-order valence-electron chi connectivity index (χ4n) is 3.22. The smallest absolute Gasteiger partial charge is 0.268 e. The third kappa shape index (κ3) is 4.54. The standard InChI is InChI=1S/C21H22N6O2S2/c1-4-27-19(14-7-5-6-13(2)10-14)24-25-21(27)31-12-17(28)26(3)11-16-22-15-8-9-30-18(15)20(29)23-16/h5-10H,4,11-12H2,1-3H3,(H,22,23,29). The van der Waals surface area contributed by atoms with E-state index in [2.05, 4.69) is 26.2 Å². The monoisotopic (exact) mass is 454 g/mol. The molecule has 0 aliphatic heterocycles. The normalized spacial score (nSPS) is 11.2. The fraction of sp³-hybridized carbons (Fsp3) is 0.286. The second-order valence-electron chi connectivity index (χ2n) is 7.11. The van der Waals surface area contributed by atoms with Crippen LogP contribution in [0.25, 0.3) is 21.6 Å². The van der Waals surface area contributed by atoms with E-state index in [9.17, 15) is 9.59 Å². The van der Waals surface area contributed by atoms with Gasteiger partial charge in [0.1, 0.15) is 10.5 Å². The summed E-state index contributed by atoms with van der Waals surface area (Å²) in [6.45, 7) is 5.01. The first-order valence-corrected chi connectivity index (χ1v) is 11.7. The van der Waals surface area contributed by atoms with E-state index in [0.717, 1.165) is 17.0 Å². The summed E-state index contributed by atoms with van der Waals surface area (Å²) in [5.41, 5.74) is 2.63. The number of aromatic nitrogens is 5. The molecule has 0 atom stereocenters. The van der Waals surface area contributed by atoms with E-state index in [1.165, 1.54) is 23.1 Å². The zero-order chi connectivity index (χ0) is 22.0. The minimum atomic E-state index is -0.176. The Morgan fingerprint density at radius 1 is 1.29 bits per heavy atom. The summed E-state index contributed by atoms with van der Waals surface area (Å²) in [6.07, 6.45) is 0. The minimum Gasteiger partial charge on any atom is -0.338 e. The van der Waals surface area contributed by atoms with Crippen molar-refractivity contribution in [1.29, 1.82) is 0 Å². The number of benzene rings is 1. The third-order valence-electron chi connectivity index (χ3n) is 4.81. The number of rotatable bonds is 7. The van der Waals surface area contributed by atoms with Gasteiger partial charge in [0.2, 0.25) is 5.91 Å².